The van der Waals surface area contributed by atoms with Gasteiger partial charge in [-0.15, -0.1) is 0 Å². The smallest absolute Gasteiger partial charge is 0.159 e. The molecular weight excluding hydrogens is 637 g/mol. The molecule has 0 amide bonds. The lowest BCUT2D eigenvalue weighted by molar-refractivity contribution is 0.669. The number of hydrogen-bond donors (Lipinski definition) is 0. The molecule has 0 atom stereocenters. The maximum absolute atomic E-state index is 6.59. The standard InChI is InChI=1S/C48H30N2O2/c1-2-11-31(12-3-1)32-21-23-33(24-22-32)49(42-18-10-16-39-37-14-5-8-19-43(37)52-48(39)42)34-25-27-35(28-26-34)50-41-17-7-4-13-36(41)38-29-30-45-46(47(38)50)40-15-6-9-20-44(40)51-45/h1-30H. The normalized spacial score (nSPS) is 11.8. The van der Waals surface area contributed by atoms with Crippen LogP contribution in [-0.2, 0) is 0 Å². The summed E-state index contributed by atoms with van der Waals surface area (Å²) < 4.78 is 15.3. The quantitative estimate of drug-likeness (QED) is 0.183. The van der Waals surface area contributed by atoms with Crippen molar-refractivity contribution >= 4 is 82.7 Å². The number of hydrogen-bond acceptors (Lipinski definition) is 3. The lowest BCUT2D eigenvalue weighted by Gasteiger charge is -2.26. The molecule has 8 aromatic carbocycles. The van der Waals surface area contributed by atoms with Crippen molar-refractivity contribution in [1.82, 2.24) is 4.57 Å². The van der Waals surface area contributed by atoms with Crippen molar-refractivity contribution < 1.29 is 8.83 Å². The van der Waals surface area contributed by atoms with Crippen molar-refractivity contribution in [3.8, 4) is 16.8 Å². The van der Waals surface area contributed by atoms with E-state index in [2.05, 4.69) is 167 Å². The molecular formula is C48H30N2O2. The highest BCUT2D eigenvalue weighted by molar-refractivity contribution is 6.24. The van der Waals surface area contributed by atoms with E-state index in [1.165, 1.54) is 21.9 Å². The summed E-state index contributed by atoms with van der Waals surface area (Å²) in [4.78, 5) is 2.30. The van der Waals surface area contributed by atoms with Crippen LogP contribution >= 0.6 is 0 Å². The Hall–Kier alpha value is -7.04. The third-order valence-corrected chi connectivity index (χ3v) is 10.4. The molecule has 0 bridgehead atoms. The molecule has 11 rings (SSSR count). The molecule has 52 heavy (non-hydrogen) atoms. The Kier molecular flexibility index (Phi) is 6.22. The highest BCUT2D eigenvalue weighted by atomic mass is 16.3. The number of rotatable bonds is 5. The molecule has 0 fully saturated rings. The Balaban J connectivity index is 1.12. The molecule has 3 aromatic heterocycles. The summed E-state index contributed by atoms with van der Waals surface area (Å²) in [5.74, 6) is 0. The van der Waals surface area contributed by atoms with Gasteiger partial charge in [-0.25, -0.2) is 0 Å². The van der Waals surface area contributed by atoms with Gasteiger partial charge in [-0.1, -0.05) is 109 Å². The van der Waals surface area contributed by atoms with Crippen molar-refractivity contribution in [1.29, 1.82) is 0 Å². The largest absolute Gasteiger partial charge is 0.456 e. The molecule has 0 saturated carbocycles. The number of benzene rings is 8. The fraction of sp³-hybridized carbons (Fsp3) is 0. The summed E-state index contributed by atoms with van der Waals surface area (Å²) in [6.45, 7) is 0. The van der Waals surface area contributed by atoms with Crippen LogP contribution in [0.3, 0.4) is 0 Å². The van der Waals surface area contributed by atoms with Crippen molar-refractivity contribution in [3.05, 3.63) is 182 Å². The first-order valence-corrected chi connectivity index (χ1v) is 17.6. The zero-order chi connectivity index (χ0) is 34.2. The number of aromatic nitrogens is 1. The van der Waals surface area contributed by atoms with Crippen molar-refractivity contribution in [2.75, 3.05) is 4.90 Å². The Morgan fingerprint density at radius 1 is 0.385 bits per heavy atom. The fourth-order valence-corrected chi connectivity index (χ4v) is 8.05. The van der Waals surface area contributed by atoms with Gasteiger partial charge in [0.15, 0.2) is 5.58 Å². The molecule has 11 aromatic rings. The number of furan rings is 2. The van der Waals surface area contributed by atoms with Crippen LogP contribution < -0.4 is 4.90 Å². The monoisotopic (exact) mass is 666 g/mol. The van der Waals surface area contributed by atoms with Gasteiger partial charge in [0.2, 0.25) is 0 Å². The van der Waals surface area contributed by atoms with Crippen molar-refractivity contribution in [2.24, 2.45) is 0 Å². The molecule has 0 radical (unpaired) electrons. The van der Waals surface area contributed by atoms with Crippen LogP contribution in [0.4, 0.5) is 17.1 Å². The third-order valence-electron chi connectivity index (χ3n) is 10.4. The molecule has 0 aliphatic heterocycles. The molecule has 0 aliphatic carbocycles. The molecule has 3 heterocycles. The zero-order valence-corrected chi connectivity index (χ0v) is 28.0. The van der Waals surface area contributed by atoms with Gasteiger partial charge in [0.05, 0.1) is 22.1 Å². The Morgan fingerprint density at radius 2 is 1.00 bits per heavy atom. The Morgan fingerprint density at radius 3 is 1.79 bits per heavy atom. The summed E-state index contributed by atoms with van der Waals surface area (Å²) in [6.07, 6.45) is 0. The lowest BCUT2D eigenvalue weighted by atomic mass is 10.0. The zero-order valence-electron chi connectivity index (χ0n) is 28.0. The van der Waals surface area contributed by atoms with Crippen molar-refractivity contribution in [2.45, 2.75) is 0 Å². The van der Waals surface area contributed by atoms with Gasteiger partial charge in [0.25, 0.3) is 0 Å². The first-order chi connectivity index (χ1) is 25.8. The summed E-state index contributed by atoms with van der Waals surface area (Å²) in [6, 6.07) is 64.2. The van der Waals surface area contributed by atoms with Crippen molar-refractivity contribution in [3.63, 3.8) is 0 Å². The average Bonchev–Trinajstić information content (AvgIpc) is 3.89. The van der Waals surface area contributed by atoms with E-state index in [1.54, 1.807) is 0 Å². The predicted octanol–water partition coefficient (Wildman–Crippen LogP) is 13.7. The second-order valence-electron chi connectivity index (χ2n) is 13.3. The van der Waals surface area contributed by atoms with E-state index in [1.807, 2.05) is 24.3 Å². The molecule has 4 nitrogen and oxygen atoms in total. The van der Waals surface area contributed by atoms with Crippen LogP contribution in [0.1, 0.15) is 0 Å². The second kappa shape index (κ2) is 11.2. The Bertz CT molecular complexity index is 3110. The predicted molar refractivity (Wildman–Crippen MR) is 215 cm³/mol. The molecule has 0 saturated heterocycles. The molecule has 0 unspecified atom stereocenters. The van der Waals surface area contributed by atoms with Crippen LogP contribution in [0.2, 0.25) is 0 Å². The highest BCUT2D eigenvalue weighted by Crippen LogP contribution is 2.44. The second-order valence-corrected chi connectivity index (χ2v) is 13.3. The number of para-hydroxylation sites is 4. The van der Waals surface area contributed by atoms with Gasteiger partial charge in [0.1, 0.15) is 16.7 Å². The number of fused-ring (bicyclic) bond motifs is 10. The first-order valence-electron chi connectivity index (χ1n) is 17.6. The molecule has 0 N–H and O–H groups in total. The average molecular weight is 667 g/mol. The summed E-state index contributed by atoms with van der Waals surface area (Å²) >= 11 is 0. The first kappa shape index (κ1) is 28.8. The van der Waals surface area contributed by atoms with E-state index >= 15 is 0 Å². The number of anilines is 3. The highest BCUT2D eigenvalue weighted by Gasteiger charge is 2.22. The van der Waals surface area contributed by atoms with Gasteiger partial charge >= 0.3 is 0 Å². The van der Waals surface area contributed by atoms with Gasteiger partial charge < -0.3 is 18.3 Å². The maximum Gasteiger partial charge on any atom is 0.159 e. The molecule has 0 aliphatic rings. The fourth-order valence-electron chi connectivity index (χ4n) is 8.05. The Labute approximate surface area is 299 Å². The van der Waals surface area contributed by atoms with E-state index in [0.717, 1.165) is 77.7 Å². The van der Waals surface area contributed by atoms with Gasteiger partial charge in [-0.05, 0) is 83.9 Å². The molecule has 4 heteroatoms. The lowest BCUT2D eigenvalue weighted by Crippen LogP contribution is -2.10. The minimum absolute atomic E-state index is 0.858. The number of nitrogens with zero attached hydrogens (tertiary/aromatic N) is 2. The summed E-state index contributed by atoms with van der Waals surface area (Å²) in [5.41, 5.74) is 12.3. The van der Waals surface area contributed by atoms with E-state index in [9.17, 15) is 0 Å². The third kappa shape index (κ3) is 4.28. The van der Waals surface area contributed by atoms with Crippen LogP contribution in [0.5, 0.6) is 0 Å². The summed E-state index contributed by atoms with van der Waals surface area (Å²) in [5, 5.41) is 6.87. The van der Waals surface area contributed by atoms with E-state index in [-0.39, 0.29) is 0 Å². The minimum Gasteiger partial charge on any atom is -0.456 e. The van der Waals surface area contributed by atoms with Gasteiger partial charge in [-0.3, -0.25) is 0 Å². The van der Waals surface area contributed by atoms with Crippen LogP contribution in [0.25, 0.3) is 82.5 Å². The van der Waals surface area contributed by atoms with Gasteiger partial charge in [0, 0.05) is 44.0 Å². The minimum atomic E-state index is 0.858. The molecule has 244 valence electrons. The maximum atomic E-state index is 6.59. The molecule has 0 spiro atoms. The van der Waals surface area contributed by atoms with E-state index in [0.29, 0.717) is 0 Å². The van der Waals surface area contributed by atoms with Gasteiger partial charge in [-0.2, -0.15) is 0 Å². The van der Waals surface area contributed by atoms with Crippen LogP contribution in [0.15, 0.2) is 191 Å². The topological polar surface area (TPSA) is 34.5 Å². The van der Waals surface area contributed by atoms with Crippen LogP contribution in [0, 0.1) is 0 Å². The van der Waals surface area contributed by atoms with Crippen LogP contribution in [-0.4, -0.2) is 4.57 Å². The van der Waals surface area contributed by atoms with E-state index < -0.39 is 0 Å². The summed E-state index contributed by atoms with van der Waals surface area (Å²) in [7, 11) is 0. The SMILES string of the molecule is c1ccc(-c2ccc(N(c3ccc(-n4c5ccccc5c5ccc6oc7ccccc7c6c54)cc3)c3cccc4c3oc3ccccc34)cc2)cc1. The van der Waals surface area contributed by atoms with E-state index in [4.69, 9.17) is 8.83 Å².